The number of primary amides is 1. The summed E-state index contributed by atoms with van der Waals surface area (Å²) in [6.45, 7) is 2.03. The molecule has 0 aliphatic carbocycles. The van der Waals surface area contributed by atoms with Crippen LogP contribution in [0.5, 0.6) is 0 Å². The molecule has 0 saturated carbocycles. The molecule has 2 rings (SSSR count). The van der Waals surface area contributed by atoms with Gasteiger partial charge in [-0.15, -0.1) is 0 Å². The molecule has 0 spiro atoms. The van der Waals surface area contributed by atoms with Crippen molar-refractivity contribution >= 4 is 11.6 Å². The lowest BCUT2D eigenvalue weighted by atomic mass is 9.98. The first-order valence-corrected chi connectivity index (χ1v) is 5.54. The van der Waals surface area contributed by atoms with E-state index in [0.717, 1.165) is 11.3 Å². The van der Waals surface area contributed by atoms with Gasteiger partial charge in [-0.05, 0) is 23.6 Å². The second-order valence-corrected chi connectivity index (χ2v) is 4.15. The number of benzene rings is 1. The summed E-state index contributed by atoms with van der Waals surface area (Å²) in [4.78, 5) is 14.7. The number of carbonyl (C=O) groups is 1. The number of anilines is 1. The highest BCUT2D eigenvalue weighted by molar-refractivity contribution is 5.88. The van der Waals surface area contributed by atoms with Crippen LogP contribution in [0.25, 0.3) is 0 Å². The van der Waals surface area contributed by atoms with Crippen molar-refractivity contribution < 1.29 is 9.32 Å². The molecule has 6 heteroatoms. The van der Waals surface area contributed by atoms with Gasteiger partial charge in [0.15, 0.2) is 0 Å². The van der Waals surface area contributed by atoms with Crippen molar-refractivity contribution in [3.05, 3.63) is 41.5 Å². The number of aromatic nitrogens is 2. The molecular weight excluding hydrogens is 232 g/mol. The van der Waals surface area contributed by atoms with E-state index in [1.165, 1.54) is 0 Å². The smallest absolute Gasteiger partial charge is 0.290 e. The molecule has 0 aliphatic rings. The van der Waals surface area contributed by atoms with Gasteiger partial charge < -0.3 is 16.0 Å². The van der Waals surface area contributed by atoms with Crippen LogP contribution in [-0.2, 0) is 6.42 Å². The number of nitrogen functional groups attached to an aromatic ring is 1. The first kappa shape index (κ1) is 12.1. The number of carbonyl (C=O) groups excluding carboxylic acids is 1. The van der Waals surface area contributed by atoms with Crippen LogP contribution in [0, 0.1) is 0 Å². The van der Waals surface area contributed by atoms with Gasteiger partial charge in [0.25, 0.3) is 11.7 Å². The van der Waals surface area contributed by atoms with E-state index in [4.69, 9.17) is 16.0 Å². The molecular formula is C12H14N4O2. The zero-order valence-electron chi connectivity index (χ0n) is 9.96. The molecule has 0 saturated heterocycles. The number of rotatable bonds is 4. The van der Waals surface area contributed by atoms with E-state index in [2.05, 4.69) is 10.1 Å². The Labute approximate surface area is 104 Å². The van der Waals surface area contributed by atoms with E-state index >= 15 is 0 Å². The van der Waals surface area contributed by atoms with Crippen LogP contribution < -0.4 is 11.5 Å². The Kier molecular flexibility index (Phi) is 3.27. The third-order valence-corrected chi connectivity index (χ3v) is 2.67. The molecule has 0 aliphatic heterocycles. The summed E-state index contributed by atoms with van der Waals surface area (Å²) >= 11 is 0. The predicted octanol–water partition coefficient (Wildman–Crippen LogP) is 1.10. The monoisotopic (exact) mass is 246 g/mol. The Bertz CT molecular complexity index is 547. The molecule has 1 aromatic heterocycles. The molecule has 0 radical (unpaired) electrons. The van der Waals surface area contributed by atoms with Crippen molar-refractivity contribution in [1.29, 1.82) is 0 Å². The highest BCUT2D eigenvalue weighted by Crippen LogP contribution is 2.20. The lowest BCUT2D eigenvalue weighted by molar-refractivity contribution is 0.0987. The Morgan fingerprint density at radius 2 is 2.06 bits per heavy atom. The van der Waals surface area contributed by atoms with Gasteiger partial charge in [-0.2, -0.15) is 4.98 Å². The number of nitrogens with two attached hydrogens (primary N) is 2. The highest BCUT2D eigenvalue weighted by atomic mass is 16.5. The molecule has 2 aromatic rings. The van der Waals surface area contributed by atoms with Gasteiger partial charge >= 0.3 is 0 Å². The van der Waals surface area contributed by atoms with Gasteiger partial charge in [0.05, 0.1) is 0 Å². The van der Waals surface area contributed by atoms with Crippen molar-refractivity contribution in [2.75, 3.05) is 5.73 Å². The van der Waals surface area contributed by atoms with Crippen molar-refractivity contribution in [2.24, 2.45) is 5.73 Å². The first-order chi connectivity index (χ1) is 8.56. The summed E-state index contributed by atoms with van der Waals surface area (Å²) in [6.07, 6.45) is 0.546. The SMILES string of the molecule is CC(Cc1nc(C(N)=O)no1)c1ccc(N)cc1. The minimum atomic E-state index is -0.690. The minimum Gasteiger partial charge on any atom is -0.399 e. The second-order valence-electron chi connectivity index (χ2n) is 4.15. The van der Waals surface area contributed by atoms with E-state index in [-0.39, 0.29) is 11.7 Å². The zero-order chi connectivity index (χ0) is 13.1. The molecule has 1 aromatic carbocycles. The third kappa shape index (κ3) is 2.65. The quantitative estimate of drug-likeness (QED) is 0.785. The zero-order valence-corrected chi connectivity index (χ0v) is 9.96. The van der Waals surface area contributed by atoms with Crippen molar-refractivity contribution in [3.8, 4) is 0 Å². The Hall–Kier alpha value is -2.37. The number of hydrogen-bond acceptors (Lipinski definition) is 5. The van der Waals surface area contributed by atoms with Crippen LogP contribution in [-0.4, -0.2) is 16.0 Å². The molecule has 0 fully saturated rings. The van der Waals surface area contributed by atoms with Crippen LogP contribution in [0.2, 0.25) is 0 Å². The van der Waals surface area contributed by atoms with Crippen LogP contribution in [0.3, 0.4) is 0 Å². The van der Waals surface area contributed by atoms with Gasteiger partial charge in [-0.3, -0.25) is 4.79 Å². The molecule has 6 nitrogen and oxygen atoms in total. The molecule has 4 N–H and O–H groups in total. The van der Waals surface area contributed by atoms with Gasteiger partial charge in [-0.1, -0.05) is 24.2 Å². The van der Waals surface area contributed by atoms with E-state index in [0.29, 0.717) is 12.3 Å². The fraction of sp³-hybridized carbons (Fsp3) is 0.250. The summed E-state index contributed by atoms with van der Waals surface area (Å²) < 4.78 is 4.96. The van der Waals surface area contributed by atoms with E-state index in [1.807, 2.05) is 31.2 Å². The van der Waals surface area contributed by atoms with Crippen LogP contribution in [0.1, 0.15) is 34.9 Å². The number of hydrogen-bond donors (Lipinski definition) is 2. The molecule has 1 unspecified atom stereocenters. The average Bonchev–Trinajstić information content (AvgIpc) is 2.78. The third-order valence-electron chi connectivity index (χ3n) is 2.67. The highest BCUT2D eigenvalue weighted by Gasteiger charge is 2.14. The fourth-order valence-electron chi connectivity index (χ4n) is 1.64. The Morgan fingerprint density at radius 3 is 2.61 bits per heavy atom. The van der Waals surface area contributed by atoms with Crippen molar-refractivity contribution in [1.82, 2.24) is 10.1 Å². The van der Waals surface area contributed by atoms with E-state index in [9.17, 15) is 4.79 Å². The summed E-state index contributed by atoms with van der Waals surface area (Å²) in [6, 6.07) is 7.58. The summed E-state index contributed by atoms with van der Waals surface area (Å²) in [7, 11) is 0. The van der Waals surface area contributed by atoms with Gasteiger partial charge in [0, 0.05) is 12.1 Å². The number of nitrogens with zero attached hydrogens (tertiary/aromatic N) is 2. The first-order valence-electron chi connectivity index (χ1n) is 5.54. The Morgan fingerprint density at radius 1 is 1.39 bits per heavy atom. The molecule has 94 valence electrons. The van der Waals surface area contributed by atoms with Gasteiger partial charge in [-0.25, -0.2) is 0 Å². The average molecular weight is 246 g/mol. The predicted molar refractivity (Wildman–Crippen MR) is 65.8 cm³/mol. The number of amides is 1. The van der Waals surface area contributed by atoms with Crippen LogP contribution in [0.4, 0.5) is 5.69 Å². The maximum absolute atomic E-state index is 10.8. The normalized spacial score (nSPS) is 12.3. The molecule has 1 amide bonds. The fourth-order valence-corrected chi connectivity index (χ4v) is 1.64. The second kappa shape index (κ2) is 4.87. The summed E-state index contributed by atoms with van der Waals surface area (Å²) in [5, 5.41) is 3.50. The molecule has 0 bridgehead atoms. The van der Waals surface area contributed by atoms with E-state index < -0.39 is 5.91 Å². The van der Waals surface area contributed by atoms with Gasteiger partial charge in [0.2, 0.25) is 5.89 Å². The van der Waals surface area contributed by atoms with Crippen molar-refractivity contribution in [3.63, 3.8) is 0 Å². The minimum absolute atomic E-state index is 0.0884. The molecule has 18 heavy (non-hydrogen) atoms. The maximum Gasteiger partial charge on any atom is 0.290 e. The lowest BCUT2D eigenvalue weighted by Crippen LogP contribution is -2.12. The topological polar surface area (TPSA) is 108 Å². The van der Waals surface area contributed by atoms with Crippen LogP contribution in [0.15, 0.2) is 28.8 Å². The molecule has 1 heterocycles. The summed E-state index contributed by atoms with van der Waals surface area (Å²) in [5.74, 6) is -0.195. The van der Waals surface area contributed by atoms with E-state index in [1.54, 1.807) is 0 Å². The van der Waals surface area contributed by atoms with Crippen LogP contribution >= 0.6 is 0 Å². The molecule has 1 atom stereocenters. The van der Waals surface area contributed by atoms with Crippen molar-refractivity contribution in [2.45, 2.75) is 19.3 Å². The Balaban J connectivity index is 2.08. The summed E-state index contributed by atoms with van der Waals surface area (Å²) in [5.41, 5.74) is 12.5. The largest absolute Gasteiger partial charge is 0.399 e. The van der Waals surface area contributed by atoms with Gasteiger partial charge in [0.1, 0.15) is 0 Å². The standard InChI is InChI=1S/C12H14N4O2/c1-7(8-2-4-9(13)5-3-8)6-10-15-12(11(14)17)16-18-10/h2-5,7H,6,13H2,1H3,(H2,14,17). The lowest BCUT2D eigenvalue weighted by Gasteiger charge is -2.08. The maximum atomic E-state index is 10.8.